The molecule has 118 valence electrons. The Morgan fingerprint density at radius 3 is 2.00 bits per heavy atom. The highest BCUT2D eigenvalue weighted by Gasteiger charge is 2.53. The molecule has 3 saturated heterocycles. The zero-order chi connectivity index (χ0) is 14.0. The summed E-state index contributed by atoms with van der Waals surface area (Å²) in [7, 11) is 0. The molecule has 0 aromatic carbocycles. The van der Waals surface area contributed by atoms with E-state index in [0.717, 1.165) is 35.8 Å². The molecular weight excluding hydrogens is 256 g/mol. The SMILES string of the molecule is CC(NC1CN2CCC1CC2)C12CC3CC(CC(C3)C1)C2. The summed E-state index contributed by atoms with van der Waals surface area (Å²) < 4.78 is 0. The van der Waals surface area contributed by atoms with Gasteiger partial charge in [-0.1, -0.05) is 0 Å². The van der Waals surface area contributed by atoms with Crippen molar-refractivity contribution >= 4 is 0 Å². The molecule has 6 bridgehead atoms. The van der Waals surface area contributed by atoms with Crippen LogP contribution in [0.2, 0.25) is 0 Å². The van der Waals surface area contributed by atoms with E-state index in [9.17, 15) is 0 Å². The van der Waals surface area contributed by atoms with Gasteiger partial charge in [0.25, 0.3) is 0 Å². The van der Waals surface area contributed by atoms with Crippen molar-refractivity contribution in [3.8, 4) is 0 Å². The van der Waals surface area contributed by atoms with Crippen LogP contribution in [0.4, 0.5) is 0 Å². The Bertz CT molecular complexity index is 375. The summed E-state index contributed by atoms with van der Waals surface area (Å²) in [5.74, 6) is 4.25. The lowest BCUT2D eigenvalue weighted by Gasteiger charge is -2.60. The van der Waals surface area contributed by atoms with Crippen molar-refractivity contribution < 1.29 is 0 Å². The number of nitrogens with one attached hydrogen (secondary N) is 1. The summed E-state index contributed by atoms with van der Waals surface area (Å²) in [6.07, 6.45) is 12.3. The first-order valence-corrected chi connectivity index (χ1v) is 9.69. The first-order valence-electron chi connectivity index (χ1n) is 9.69. The van der Waals surface area contributed by atoms with E-state index in [-0.39, 0.29) is 0 Å². The fraction of sp³-hybridized carbons (Fsp3) is 1.00. The standard InChI is InChI=1S/C19H32N2/c1-13(20-18-12-21-4-2-17(18)3-5-21)19-9-14-6-15(10-19)8-16(7-14)11-19/h13-18,20H,2-12H2,1H3. The summed E-state index contributed by atoms with van der Waals surface area (Å²) in [4.78, 5) is 2.70. The van der Waals surface area contributed by atoms with Crippen molar-refractivity contribution in [1.29, 1.82) is 0 Å². The Hall–Kier alpha value is -0.0800. The van der Waals surface area contributed by atoms with E-state index in [1.165, 1.54) is 32.5 Å². The second-order valence-corrected chi connectivity index (χ2v) is 9.41. The van der Waals surface area contributed by atoms with Crippen LogP contribution in [0, 0.1) is 29.1 Å². The van der Waals surface area contributed by atoms with Crippen molar-refractivity contribution in [2.24, 2.45) is 29.1 Å². The molecule has 0 amide bonds. The third kappa shape index (κ3) is 2.12. The number of hydrogen-bond acceptors (Lipinski definition) is 2. The number of piperidine rings is 3. The molecule has 0 radical (unpaired) electrons. The van der Waals surface area contributed by atoms with Crippen molar-refractivity contribution in [1.82, 2.24) is 10.2 Å². The number of rotatable bonds is 3. The monoisotopic (exact) mass is 288 g/mol. The highest BCUT2D eigenvalue weighted by Crippen LogP contribution is 2.61. The smallest absolute Gasteiger partial charge is 0.0226 e. The highest BCUT2D eigenvalue weighted by atomic mass is 15.2. The van der Waals surface area contributed by atoms with Gasteiger partial charge in [-0.2, -0.15) is 0 Å². The topological polar surface area (TPSA) is 15.3 Å². The van der Waals surface area contributed by atoms with Crippen molar-refractivity contribution in [3.63, 3.8) is 0 Å². The molecule has 0 aromatic rings. The van der Waals surface area contributed by atoms with Crippen LogP contribution < -0.4 is 5.32 Å². The summed E-state index contributed by atoms with van der Waals surface area (Å²) in [5.41, 5.74) is 0.681. The number of hydrogen-bond donors (Lipinski definition) is 1. The minimum absolute atomic E-state index is 0.681. The van der Waals surface area contributed by atoms with Gasteiger partial charge < -0.3 is 10.2 Å². The molecule has 0 aromatic heterocycles. The molecule has 7 fully saturated rings. The lowest BCUT2D eigenvalue weighted by Crippen LogP contribution is -2.62. The minimum atomic E-state index is 0.681. The summed E-state index contributed by atoms with van der Waals surface area (Å²) in [6.45, 7) is 6.62. The molecular formula is C19H32N2. The van der Waals surface area contributed by atoms with E-state index in [0.29, 0.717) is 5.41 Å². The van der Waals surface area contributed by atoms with Gasteiger partial charge in [0.1, 0.15) is 0 Å². The highest BCUT2D eigenvalue weighted by molar-refractivity contribution is 5.06. The van der Waals surface area contributed by atoms with Crippen LogP contribution in [0.1, 0.15) is 58.3 Å². The molecule has 7 aliphatic rings. The Kier molecular flexibility index (Phi) is 3.00. The zero-order valence-electron chi connectivity index (χ0n) is 13.7. The predicted molar refractivity (Wildman–Crippen MR) is 86.2 cm³/mol. The number of nitrogens with zero attached hydrogens (tertiary/aromatic N) is 1. The van der Waals surface area contributed by atoms with Gasteiger partial charge in [0.2, 0.25) is 0 Å². The average Bonchev–Trinajstić information content (AvgIpc) is 2.47. The van der Waals surface area contributed by atoms with Crippen molar-refractivity contribution in [2.75, 3.05) is 19.6 Å². The third-order valence-electron chi connectivity index (χ3n) is 8.12. The van der Waals surface area contributed by atoms with Crippen LogP contribution >= 0.6 is 0 Å². The first-order chi connectivity index (χ1) is 10.2. The molecule has 3 heterocycles. The lowest BCUT2D eigenvalue weighted by atomic mass is 9.48. The van der Waals surface area contributed by atoms with Crippen LogP contribution in [-0.2, 0) is 0 Å². The Morgan fingerprint density at radius 2 is 1.52 bits per heavy atom. The molecule has 4 saturated carbocycles. The maximum absolute atomic E-state index is 4.17. The van der Waals surface area contributed by atoms with Crippen molar-refractivity contribution in [3.05, 3.63) is 0 Å². The first kappa shape index (κ1) is 13.4. The number of fused-ring (bicyclic) bond motifs is 3. The molecule has 7 rings (SSSR count). The molecule has 21 heavy (non-hydrogen) atoms. The molecule has 2 atom stereocenters. The van der Waals surface area contributed by atoms with Gasteiger partial charge in [0.15, 0.2) is 0 Å². The maximum atomic E-state index is 4.17. The Labute approximate surface area is 130 Å². The van der Waals surface area contributed by atoms with E-state index >= 15 is 0 Å². The van der Waals surface area contributed by atoms with Gasteiger partial charge in [0, 0.05) is 18.6 Å². The molecule has 2 unspecified atom stereocenters. The molecule has 0 spiro atoms. The van der Waals surface area contributed by atoms with Crippen LogP contribution in [0.5, 0.6) is 0 Å². The maximum Gasteiger partial charge on any atom is 0.0226 e. The van der Waals surface area contributed by atoms with Gasteiger partial charge in [-0.3, -0.25) is 0 Å². The van der Waals surface area contributed by atoms with Gasteiger partial charge >= 0.3 is 0 Å². The molecule has 3 aliphatic heterocycles. The van der Waals surface area contributed by atoms with E-state index in [2.05, 4.69) is 17.1 Å². The fourth-order valence-electron chi connectivity index (χ4n) is 7.36. The average molecular weight is 288 g/mol. The van der Waals surface area contributed by atoms with Gasteiger partial charge in [-0.05, 0) is 100 Å². The van der Waals surface area contributed by atoms with Gasteiger partial charge in [-0.15, -0.1) is 0 Å². The molecule has 1 N–H and O–H groups in total. The van der Waals surface area contributed by atoms with Crippen LogP contribution in [-0.4, -0.2) is 36.6 Å². The largest absolute Gasteiger partial charge is 0.309 e. The summed E-state index contributed by atoms with van der Waals surface area (Å²) >= 11 is 0. The molecule has 2 heteroatoms. The fourth-order valence-corrected chi connectivity index (χ4v) is 7.36. The Balaban J connectivity index is 1.31. The van der Waals surface area contributed by atoms with E-state index < -0.39 is 0 Å². The Morgan fingerprint density at radius 1 is 0.952 bits per heavy atom. The van der Waals surface area contributed by atoms with Gasteiger partial charge in [-0.25, -0.2) is 0 Å². The second-order valence-electron chi connectivity index (χ2n) is 9.41. The van der Waals surface area contributed by atoms with Crippen molar-refractivity contribution in [2.45, 2.75) is 70.4 Å². The lowest BCUT2D eigenvalue weighted by molar-refractivity contribution is -0.0767. The summed E-state index contributed by atoms with van der Waals surface area (Å²) in [6, 6.07) is 1.56. The quantitative estimate of drug-likeness (QED) is 0.857. The molecule has 4 aliphatic carbocycles. The zero-order valence-corrected chi connectivity index (χ0v) is 13.7. The van der Waals surface area contributed by atoms with E-state index in [4.69, 9.17) is 0 Å². The van der Waals surface area contributed by atoms with Gasteiger partial charge in [0.05, 0.1) is 0 Å². The predicted octanol–water partition coefficient (Wildman–Crippen LogP) is 3.28. The summed E-state index contributed by atoms with van der Waals surface area (Å²) in [5, 5.41) is 4.17. The van der Waals surface area contributed by atoms with E-state index in [1.54, 1.807) is 38.5 Å². The molecule has 2 nitrogen and oxygen atoms in total. The minimum Gasteiger partial charge on any atom is -0.309 e. The normalized spacial score (nSPS) is 55.9. The van der Waals surface area contributed by atoms with Crippen LogP contribution in [0.15, 0.2) is 0 Å². The van der Waals surface area contributed by atoms with Crippen LogP contribution in [0.25, 0.3) is 0 Å². The van der Waals surface area contributed by atoms with E-state index in [1.807, 2.05) is 0 Å². The van der Waals surface area contributed by atoms with Crippen LogP contribution in [0.3, 0.4) is 0 Å². The third-order valence-corrected chi connectivity index (χ3v) is 8.12. The second kappa shape index (κ2) is 4.71.